The maximum atomic E-state index is 11.3. The van der Waals surface area contributed by atoms with Gasteiger partial charge in [0.25, 0.3) is 0 Å². The second kappa shape index (κ2) is 9.69. The number of nitrogens with two attached hydrogens (primary N) is 1. The molecule has 4 N–H and O–H groups in total. The molecule has 9 heteroatoms. The average Bonchev–Trinajstić information content (AvgIpc) is 2.66. The lowest BCUT2D eigenvalue weighted by atomic mass is 10.1. The van der Waals surface area contributed by atoms with Crippen LogP contribution in [0, 0.1) is 18.3 Å². The Balaban J connectivity index is 2.17. The van der Waals surface area contributed by atoms with Crippen LogP contribution < -0.4 is 15.8 Å². The molecule has 1 atom stereocenters. The Hall–Kier alpha value is -3.15. The first kappa shape index (κ1) is 21.2. The van der Waals surface area contributed by atoms with Crippen LogP contribution in [0.3, 0.4) is 0 Å². The van der Waals surface area contributed by atoms with E-state index in [0.29, 0.717) is 27.5 Å². The number of carboxylic acids is 1. The monoisotopic (exact) mass is 402 g/mol. The number of aromatic nitrogens is 1. The molecule has 1 amide bonds. The minimum absolute atomic E-state index is 0.107. The first-order valence-corrected chi connectivity index (χ1v) is 8.68. The molecule has 2 aromatic rings. The topological polar surface area (TPSA) is 138 Å². The molecule has 0 saturated carbocycles. The lowest BCUT2D eigenvalue weighted by molar-refractivity contribution is -0.141. The van der Waals surface area contributed by atoms with Crippen LogP contribution in [-0.4, -0.2) is 28.0 Å². The molecule has 2 rings (SSSR count). The van der Waals surface area contributed by atoms with E-state index < -0.39 is 17.9 Å². The van der Waals surface area contributed by atoms with E-state index in [0.717, 1.165) is 5.56 Å². The fourth-order valence-electron chi connectivity index (χ4n) is 2.44. The lowest BCUT2D eigenvalue weighted by Gasteiger charge is -2.17. The Morgan fingerprint density at radius 1 is 1.39 bits per heavy atom. The summed E-state index contributed by atoms with van der Waals surface area (Å²) in [6.07, 6.45) is 2.71. The summed E-state index contributed by atoms with van der Waals surface area (Å²) in [7, 11) is 0. The zero-order chi connectivity index (χ0) is 20.7. The van der Waals surface area contributed by atoms with Crippen molar-refractivity contribution < 1.29 is 19.4 Å². The Morgan fingerprint density at radius 2 is 2.14 bits per heavy atom. The van der Waals surface area contributed by atoms with Crippen LogP contribution in [0.15, 0.2) is 30.6 Å². The highest BCUT2D eigenvalue weighted by atomic mass is 35.5. The van der Waals surface area contributed by atoms with Crippen LogP contribution >= 0.6 is 11.6 Å². The summed E-state index contributed by atoms with van der Waals surface area (Å²) in [5.41, 5.74) is 7.64. The summed E-state index contributed by atoms with van der Waals surface area (Å²) < 4.78 is 5.85. The molecule has 0 radical (unpaired) electrons. The Labute approximate surface area is 166 Å². The quantitative estimate of drug-likeness (QED) is 0.582. The molecule has 0 saturated heterocycles. The minimum Gasteiger partial charge on any atom is -0.489 e. The number of aryl methyl sites for hydroxylation is 1. The number of benzene rings is 1. The van der Waals surface area contributed by atoms with E-state index in [9.17, 15) is 14.7 Å². The van der Waals surface area contributed by atoms with Gasteiger partial charge in [0.05, 0.1) is 12.0 Å². The normalized spacial score (nSPS) is 11.5. The number of nitrogens with zero attached hydrogens (tertiary/aromatic N) is 2. The van der Waals surface area contributed by atoms with Gasteiger partial charge in [-0.3, -0.25) is 19.9 Å². The number of primary amides is 1. The smallest absolute Gasteiger partial charge is 0.321 e. The molecule has 1 unspecified atom stereocenters. The second-order valence-electron chi connectivity index (χ2n) is 6.13. The van der Waals surface area contributed by atoms with Crippen molar-refractivity contribution in [3.8, 4) is 11.8 Å². The van der Waals surface area contributed by atoms with Gasteiger partial charge in [-0.25, -0.2) is 0 Å². The number of rotatable bonds is 9. The van der Waals surface area contributed by atoms with E-state index in [2.05, 4.69) is 10.3 Å². The van der Waals surface area contributed by atoms with Gasteiger partial charge in [-0.05, 0) is 30.7 Å². The first-order valence-electron chi connectivity index (χ1n) is 8.30. The maximum Gasteiger partial charge on any atom is 0.321 e. The van der Waals surface area contributed by atoms with E-state index in [1.54, 1.807) is 24.4 Å². The molecule has 0 spiro atoms. The zero-order valence-electron chi connectivity index (χ0n) is 15.1. The van der Waals surface area contributed by atoms with Crippen molar-refractivity contribution in [3.63, 3.8) is 0 Å². The van der Waals surface area contributed by atoms with Gasteiger partial charge < -0.3 is 15.6 Å². The predicted octanol–water partition coefficient (Wildman–Crippen LogP) is 1.91. The van der Waals surface area contributed by atoms with Crippen LogP contribution in [0.5, 0.6) is 5.75 Å². The fraction of sp³-hybridized carbons (Fsp3) is 0.263. The van der Waals surface area contributed by atoms with Gasteiger partial charge >= 0.3 is 5.97 Å². The number of pyridine rings is 1. The number of ether oxygens (including phenoxy) is 1. The third-order valence-corrected chi connectivity index (χ3v) is 4.31. The van der Waals surface area contributed by atoms with E-state index >= 15 is 0 Å². The van der Waals surface area contributed by atoms with Crippen molar-refractivity contribution in [2.75, 3.05) is 0 Å². The summed E-state index contributed by atoms with van der Waals surface area (Å²) in [6.45, 7) is 2.09. The number of nitrogens with one attached hydrogen (secondary N) is 1. The first-order chi connectivity index (χ1) is 13.3. The Bertz CT molecular complexity index is 927. The third-order valence-electron chi connectivity index (χ3n) is 3.90. The van der Waals surface area contributed by atoms with Gasteiger partial charge in [-0.1, -0.05) is 11.6 Å². The largest absolute Gasteiger partial charge is 0.489 e. The summed E-state index contributed by atoms with van der Waals surface area (Å²) in [5, 5.41) is 21.4. The molecule has 1 aromatic carbocycles. The maximum absolute atomic E-state index is 11.3. The highest BCUT2D eigenvalue weighted by Gasteiger charge is 2.20. The van der Waals surface area contributed by atoms with Crippen molar-refractivity contribution in [2.45, 2.75) is 32.5 Å². The van der Waals surface area contributed by atoms with Crippen molar-refractivity contribution in [2.24, 2.45) is 5.73 Å². The number of carbonyl (C=O) groups is 2. The molecule has 0 aliphatic carbocycles. The highest BCUT2D eigenvalue weighted by molar-refractivity contribution is 6.31. The Morgan fingerprint density at radius 3 is 2.79 bits per heavy atom. The van der Waals surface area contributed by atoms with Crippen LogP contribution in [0.2, 0.25) is 5.02 Å². The minimum atomic E-state index is -1.18. The number of nitriles is 1. The lowest BCUT2D eigenvalue weighted by Crippen LogP contribution is -2.39. The van der Waals surface area contributed by atoms with Crippen LogP contribution in [0.25, 0.3) is 0 Å². The summed E-state index contributed by atoms with van der Waals surface area (Å²) in [4.78, 5) is 26.3. The number of amides is 1. The predicted molar refractivity (Wildman–Crippen MR) is 102 cm³/mol. The standard InChI is InChI=1S/C19H19ClN4O4/c1-11-2-17(28-10-13-3-12(6-21)7-23-8-13)14(4-15(11)20)9-24-16(19(26)27)5-18(22)25/h2-4,7-8,16,24H,5,9-10H2,1H3,(H2,22,25)(H,26,27). The van der Waals surface area contributed by atoms with Crippen LogP contribution in [0.4, 0.5) is 0 Å². The van der Waals surface area contributed by atoms with E-state index in [1.165, 1.54) is 6.20 Å². The summed E-state index contributed by atoms with van der Waals surface area (Å²) >= 11 is 6.18. The van der Waals surface area contributed by atoms with Gasteiger partial charge in [0, 0.05) is 35.1 Å². The van der Waals surface area contributed by atoms with Gasteiger partial charge in [0.2, 0.25) is 5.91 Å². The number of hydrogen-bond acceptors (Lipinski definition) is 6. The number of carboxylic acid groups (broad SMARTS) is 1. The molecule has 146 valence electrons. The second-order valence-corrected chi connectivity index (χ2v) is 6.54. The fourth-order valence-corrected chi connectivity index (χ4v) is 2.62. The highest BCUT2D eigenvalue weighted by Crippen LogP contribution is 2.27. The van der Waals surface area contributed by atoms with Gasteiger partial charge in [0.15, 0.2) is 0 Å². The summed E-state index contributed by atoms with van der Waals surface area (Å²) in [6, 6.07) is 5.97. The third kappa shape index (κ3) is 5.94. The number of carbonyl (C=O) groups excluding carboxylic acids is 1. The molecular formula is C19H19ClN4O4. The number of hydrogen-bond donors (Lipinski definition) is 3. The van der Waals surface area contributed by atoms with Crippen molar-refractivity contribution in [1.29, 1.82) is 5.26 Å². The molecule has 8 nitrogen and oxygen atoms in total. The number of halogens is 1. The molecular weight excluding hydrogens is 384 g/mol. The zero-order valence-corrected chi connectivity index (χ0v) is 15.9. The van der Waals surface area contributed by atoms with Crippen LogP contribution in [-0.2, 0) is 22.7 Å². The van der Waals surface area contributed by atoms with Gasteiger partial charge in [0.1, 0.15) is 24.5 Å². The van der Waals surface area contributed by atoms with E-state index in [-0.39, 0.29) is 19.6 Å². The van der Waals surface area contributed by atoms with Crippen LogP contribution in [0.1, 0.15) is 28.7 Å². The van der Waals surface area contributed by atoms with Crippen molar-refractivity contribution >= 4 is 23.5 Å². The van der Waals surface area contributed by atoms with Gasteiger partial charge in [-0.15, -0.1) is 0 Å². The molecule has 0 aliphatic rings. The molecule has 1 aromatic heterocycles. The molecule has 1 heterocycles. The van der Waals surface area contributed by atoms with E-state index in [4.69, 9.17) is 27.3 Å². The molecule has 0 aliphatic heterocycles. The van der Waals surface area contributed by atoms with Crippen molar-refractivity contribution in [1.82, 2.24) is 10.3 Å². The van der Waals surface area contributed by atoms with Crippen molar-refractivity contribution in [3.05, 3.63) is 57.9 Å². The van der Waals surface area contributed by atoms with Gasteiger partial charge in [-0.2, -0.15) is 5.26 Å². The molecule has 0 fully saturated rings. The van der Waals surface area contributed by atoms with E-state index in [1.807, 2.05) is 13.0 Å². The SMILES string of the molecule is Cc1cc(OCc2cncc(C#N)c2)c(CNC(CC(N)=O)C(=O)O)cc1Cl. The average molecular weight is 403 g/mol. The summed E-state index contributed by atoms with van der Waals surface area (Å²) in [5.74, 6) is -1.40. The molecule has 28 heavy (non-hydrogen) atoms. The number of aliphatic carboxylic acids is 1. The molecule has 0 bridgehead atoms. The Kier molecular flexibility index (Phi) is 7.32.